The van der Waals surface area contributed by atoms with Gasteiger partial charge in [0.1, 0.15) is 0 Å². The summed E-state index contributed by atoms with van der Waals surface area (Å²) in [5, 5.41) is 0. The van der Waals surface area contributed by atoms with Crippen LogP contribution in [0.1, 0.15) is 83.6 Å². The molecule has 0 amide bonds. The van der Waals surface area contributed by atoms with Crippen molar-refractivity contribution in [2.75, 3.05) is 0 Å². The van der Waals surface area contributed by atoms with Gasteiger partial charge in [-0.05, 0) is 28.4 Å². The molecule has 0 unspecified atom stereocenters. The number of hydrogen-bond donors (Lipinski definition) is 0. The van der Waals surface area contributed by atoms with E-state index in [4.69, 9.17) is 0 Å². The summed E-state index contributed by atoms with van der Waals surface area (Å²) in [5.41, 5.74) is 8.70. The third-order valence-corrected chi connectivity index (χ3v) is 6.64. The van der Waals surface area contributed by atoms with Gasteiger partial charge >= 0.3 is 59.6 Å². The van der Waals surface area contributed by atoms with Gasteiger partial charge in [-0.15, -0.1) is 11.1 Å². The Bertz CT molecular complexity index is 958. The maximum atomic E-state index is 3.67. The molecular weight excluding hydrogens is 563 g/mol. The first-order valence-corrected chi connectivity index (χ1v) is 13.7. The molecule has 1 heteroatoms. The smallest absolute Gasteiger partial charge is 0.0132 e. The molecular formula is C32H40Hf. The molecule has 0 bridgehead atoms. The molecule has 172 valence electrons. The zero-order valence-electron chi connectivity index (χ0n) is 21.7. The topological polar surface area (TPSA) is 0 Å². The quantitative estimate of drug-likeness (QED) is 0.125. The fourth-order valence-corrected chi connectivity index (χ4v) is 4.19. The van der Waals surface area contributed by atoms with Gasteiger partial charge in [-0.2, -0.15) is 42.0 Å². The molecule has 4 rings (SSSR count). The maximum Gasteiger partial charge on any atom is -0.0132 e. The molecule has 33 heavy (non-hydrogen) atoms. The van der Waals surface area contributed by atoms with Crippen molar-refractivity contribution in [1.82, 2.24) is 0 Å². The van der Waals surface area contributed by atoms with Crippen LogP contribution in [0.2, 0.25) is 0 Å². The Morgan fingerprint density at radius 1 is 1.00 bits per heavy atom. The van der Waals surface area contributed by atoms with E-state index < -0.39 is 0 Å². The fraction of sp³-hybridized carbons (Fsp3) is 0.375. The molecule has 0 fully saturated rings. The van der Waals surface area contributed by atoms with Gasteiger partial charge in [0.25, 0.3) is 0 Å². The largest absolute Gasteiger partial charge is 0.214 e. The van der Waals surface area contributed by atoms with Crippen LogP contribution in [0.4, 0.5) is 0 Å². The molecule has 0 saturated heterocycles. The van der Waals surface area contributed by atoms with Crippen molar-refractivity contribution in [3.05, 3.63) is 102 Å². The van der Waals surface area contributed by atoms with Crippen molar-refractivity contribution in [3.8, 4) is 11.1 Å². The van der Waals surface area contributed by atoms with Crippen LogP contribution in [0.25, 0.3) is 11.1 Å². The minimum Gasteiger partial charge on any atom is -0.214 e. The van der Waals surface area contributed by atoms with E-state index in [1.54, 1.807) is 3.26 Å². The Morgan fingerprint density at radius 3 is 2.09 bits per heavy atom. The second-order valence-electron chi connectivity index (χ2n) is 10.9. The third kappa shape index (κ3) is 8.53. The standard InChI is InChI=1S/C21H25.C6H10.C5H5.Hf/c1-20(2,3)16-7-9-18-14(12-16)11-15-13-17(21(4,5)6)8-10-19(15)18;1-3-5-6-4-2;1-2-4-5-3-1;/h7-10,12H,11H2,1-6H3;3H,1,5-6H2,2H3;1-5H;/q-1;;-1;+2. The summed E-state index contributed by atoms with van der Waals surface area (Å²) in [7, 11) is 0. The van der Waals surface area contributed by atoms with Crippen molar-refractivity contribution < 1.29 is 23.9 Å². The van der Waals surface area contributed by atoms with Gasteiger partial charge in [0.15, 0.2) is 0 Å². The zero-order chi connectivity index (χ0) is 24.6. The molecule has 0 heterocycles. The minimum absolute atomic E-state index is 0.167. The van der Waals surface area contributed by atoms with Gasteiger partial charge in [-0.1, -0.05) is 65.3 Å². The predicted octanol–water partition coefficient (Wildman–Crippen LogP) is 8.75. The molecule has 0 spiro atoms. The van der Waals surface area contributed by atoms with E-state index in [2.05, 4.69) is 91.4 Å². The summed E-state index contributed by atoms with van der Waals surface area (Å²) in [6.45, 7) is 19.4. The van der Waals surface area contributed by atoms with E-state index in [0.29, 0.717) is 0 Å². The Labute approximate surface area is 217 Å². The molecule has 3 aromatic carbocycles. The van der Waals surface area contributed by atoms with Crippen molar-refractivity contribution in [2.45, 2.75) is 78.6 Å². The normalized spacial score (nSPS) is 11.9. The van der Waals surface area contributed by atoms with Crippen LogP contribution in [0.3, 0.4) is 0 Å². The third-order valence-electron chi connectivity index (χ3n) is 5.74. The Balaban J connectivity index is 0.000000264. The van der Waals surface area contributed by atoms with E-state index in [0.717, 1.165) is 12.8 Å². The summed E-state index contributed by atoms with van der Waals surface area (Å²) >= 11 is 1.25. The molecule has 0 saturated carbocycles. The van der Waals surface area contributed by atoms with Crippen LogP contribution in [-0.4, -0.2) is 3.26 Å². The van der Waals surface area contributed by atoms with Crippen LogP contribution < -0.4 is 0 Å². The Hall–Kier alpha value is -1.73. The zero-order valence-corrected chi connectivity index (χ0v) is 25.3. The summed E-state index contributed by atoms with van der Waals surface area (Å²) < 4.78 is 1.62. The van der Waals surface area contributed by atoms with Crippen molar-refractivity contribution in [1.29, 1.82) is 0 Å². The second kappa shape index (κ2) is 12.1. The van der Waals surface area contributed by atoms with Gasteiger partial charge < -0.3 is 0 Å². The Morgan fingerprint density at radius 2 is 1.64 bits per heavy atom. The summed E-state index contributed by atoms with van der Waals surface area (Å²) in [6, 6.07) is 25.2. The van der Waals surface area contributed by atoms with E-state index in [-0.39, 0.29) is 10.8 Å². The van der Waals surface area contributed by atoms with E-state index in [1.165, 1.54) is 63.7 Å². The molecule has 0 aliphatic heterocycles. The minimum atomic E-state index is 0.167. The number of benzene rings is 2. The molecule has 1 aliphatic carbocycles. The predicted molar refractivity (Wildman–Crippen MR) is 143 cm³/mol. The van der Waals surface area contributed by atoms with Crippen LogP contribution in [0, 0.1) is 6.07 Å². The first-order chi connectivity index (χ1) is 15.4. The van der Waals surface area contributed by atoms with Crippen LogP contribution in [-0.2, 0) is 41.1 Å². The fourth-order valence-electron chi connectivity index (χ4n) is 3.67. The summed E-state index contributed by atoms with van der Waals surface area (Å²) in [5.74, 6) is 0. The van der Waals surface area contributed by atoms with Crippen LogP contribution in [0.5, 0.6) is 0 Å². The first kappa shape index (κ1) is 27.5. The van der Waals surface area contributed by atoms with Gasteiger partial charge in [-0.3, -0.25) is 0 Å². The molecule has 0 aromatic heterocycles. The molecule has 0 radical (unpaired) electrons. The van der Waals surface area contributed by atoms with E-state index in [9.17, 15) is 0 Å². The second-order valence-corrected chi connectivity index (χ2v) is 13.9. The first-order valence-electron chi connectivity index (χ1n) is 11.9. The Kier molecular flexibility index (Phi) is 10.1. The van der Waals surface area contributed by atoms with Crippen LogP contribution >= 0.6 is 0 Å². The van der Waals surface area contributed by atoms with Crippen molar-refractivity contribution in [3.63, 3.8) is 0 Å². The van der Waals surface area contributed by atoms with E-state index in [1.807, 2.05) is 36.4 Å². The molecule has 1 aliphatic rings. The number of rotatable bonds is 3. The van der Waals surface area contributed by atoms with E-state index >= 15 is 0 Å². The van der Waals surface area contributed by atoms with Crippen LogP contribution in [0.15, 0.2) is 73.3 Å². The number of hydrogen-bond acceptors (Lipinski definition) is 0. The van der Waals surface area contributed by atoms with Gasteiger partial charge in [0, 0.05) is 0 Å². The molecule has 0 atom stereocenters. The van der Waals surface area contributed by atoms with Gasteiger partial charge in [0.05, 0.1) is 0 Å². The van der Waals surface area contributed by atoms with Crippen molar-refractivity contribution >= 4 is 3.26 Å². The SMILES string of the molecule is C=CCC[C](C)=[Hf+2].CC(C)(C)c1[c-]c2c(cc1)-c1ccc(C(C)(C)C)cc1C2.c1cc[cH-]c1. The average Bonchev–Trinajstić information content (AvgIpc) is 3.41. The van der Waals surface area contributed by atoms with Gasteiger partial charge in [-0.25, -0.2) is 12.1 Å². The average molecular weight is 603 g/mol. The van der Waals surface area contributed by atoms with Gasteiger partial charge in [0.2, 0.25) is 0 Å². The molecule has 0 N–H and O–H groups in total. The monoisotopic (exact) mass is 604 g/mol. The molecule has 0 nitrogen and oxygen atoms in total. The number of allylic oxidation sites excluding steroid dienone is 1. The summed E-state index contributed by atoms with van der Waals surface area (Å²) in [6.07, 6.45) is 5.42. The maximum absolute atomic E-state index is 3.67. The van der Waals surface area contributed by atoms with Crippen molar-refractivity contribution in [2.24, 2.45) is 0 Å². The number of fused-ring (bicyclic) bond motifs is 3. The summed E-state index contributed by atoms with van der Waals surface area (Å²) in [4.78, 5) is 0. The molecule has 3 aromatic rings.